The van der Waals surface area contributed by atoms with Gasteiger partial charge in [0.25, 0.3) is 5.91 Å². The van der Waals surface area contributed by atoms with Crippen molar-refractivity contribution in [3.05, 3.63) is 35.9 Å². The van der Waals surface area contributed by atoms with Gasteiger partial charge in [0.2, 0.25) is 0 Å². The van der Waals surface area contributed by atoms with Crippen molar-refractivity contribution in [2.75, 3.05) is 0 Å². The molecule has 0 atom stereocenters. The summed E-state index contributed by atoms with van der Waals surface area (Å²) in [6.07, 6.45) is -5.06. The van der Waals surface area contributed by atoms with Crippen molar-refractivity contribution < 1.29 is 22.8 Å². The van der Waals surface area contributed by atoms with Crippen molar-refractivity contribution in [2.45, 2.75) is 6.18 Å². The Balaban J connectivity index is 2.52. The van der Waals surface area contributed by atoms with Crippen LogP contribution in [0.25, 0.3) is 0 Å². The van der Waals surface area contributed by atoms with Crippen LogP contribution < -0.4 is 10.9 Å². The van der Waals surface area contributed by atoms with Gasteiger partial charge in [-0.25, -0.2) is 5.43 Å². The number of nitrogens with one attached hydrogen (secondary N) is 1. The summed E-state index contributed by atoms with van der Waals surface area (Å²) in [5.74, 6) is -3.23. The molecule has 0 aliphatic heterocycles. The molecule has 1 aromatic rings. The van der Waals surface area contributed by atoms with Crippen molar-refractivity contribution in [2.24, 2.45) is 0 Å². The Labute approximate surface area is 88.4 Å². The number of amides is 2. The molecule has 16 heavy (non-hydrogen) atoms. The topological polar surface area (TPSA) is 60.3 Å². The minimum Gasteiger partial charge on any atom is -0.265 e. The Kier molecular flexibility index (Phi) is 3.49. The molecule has 1 rings (SSSR count). The van der Waals surface area contributed by atoms with Crippen LogP contribution >= 0.6 is 0 Å². The standard InChI is InChI=1S/C9H6F3N2O2/c10-9(11,12)8(16)14-13-7(15)6-4-2-1-3-5-6/h1-5H,(H,14,16). The SMILES string of the molecule is O=C([N]NC(=O)C(F)(F)F)c1ccccc1. The second-order valence-corrected chi connectivity index (χ2v) is 2.72. The normalized spacial score (nSPS) is 10.7. The van der Waals surface area contributed by atoms with Gasteiger partial charge in [-0.3, -0.25) is 9.59 Å². The van der Waals surface area contributed by atoms with E-state index < -0.39 is 18.0 Å². The van der Waals surface area contributed by atoms with E-state index in [2.05, 4.69) is 5.43 Å². The van der Waals surface area contributed by atoms with E-state index in [1.807, 2.05) is 0 Å². The first-order valence-corrected chi connectivity index (χ1v) is 4.08. The molecule has 0 unspecified atom stereocenters. The van der Waals surface area contributed by atoms with Crippen LogP contribution in [0.5, 0.6) is 0 Å². The number of benzene rings is 1. The van der Waals surface area contributed by atoms with E-state index in [4.69, 9.17) is 0 Å². The predicted molar refractivity (Wildman–Crippen MR) is 47.1 cm³/mol. The van der Waals surface area contributed by atoms with Crippen LogP contribution in [0.15, 0.2) is 30.3 Å². The summed E-state index contributed by atoms with van der Waals surface area (Å²) >= 11 is 0. The molecule has 0 bridgehead atoms. The number of alkyl halides is 3. The summed E-state index contributed by atoms with van der Waals surface area (Å²) < 4.78 is 35.2. The van der Waals surface area contributed by atoms with E-state index in [0.29, 0.717) is 0 Å². The number of carbonyl (C=O) groups is 2. The molecule has 0 aliphatic carbocycles. The lowest BCUT2D eigenvalue weighted by Crippen LogP contribution is -2.43. The fourth-order valence-corrected chi connectivity index (χ4v) is 0.810. The van der Waals surface area contributed by atoms with Gasteiger partial charge in [0.05, 0.1) is 0 Å². The van der Waals surface area contributed by atoms with Crippen LogP contribution in [0.4, 0.5) is 13.2 Å². The van der Waals surface area contributed by atoms with Crippen LogP contribution in [0.1, 0.15) is 10.4 Å². The van der Waals surface area contributed by atoms with E-state index >= 15 is 0 Å². The lowest BCUT2D eigenvalue weighted by molar-refractivity contribution is -0.174. The van der Waals surface area contributed by atoms with Crippen LogP contribution in [0, 0.1) is 0 Å². The third-order valence-corrected chi connectivity index (χ3v) is 1.54. The average Bonchev–Trinajstić information content (AvgIpc) is 2.25. The Morgan fingerprint density at radius 3 is 2.19 bits per heavy atom. The summed E-state index contributed by atoms with van der Waals surface area (Å²) in [6.45, 7) is 0. The zero-order chi connectivity index (χ0) is 12.2. The van der Waals surface area contributed by atoms with Gasteiger partial charge in [-0.05, 0) is 12.1 Å². The molecule has 0 saturated heterocycles. The van der Waals surface area contributed by atoms with E-state index in [0.717, 1.165) is 5.43 Å². The van der Waals surface area contributed by atoms with Gasteiger partial charge in [-0.15, -0.1) is 5.43 Å². The molecular weight excluding hydrogens is 225 g/mol. The first kappa shape index (κ1) is 12.0. The number of hydrogen-bond acceptors (Lipinski definition) is 2. The maximum Gasteiger partial charge on any atom is 0.473 e. The fourth-order valence-electron chi connectivity index (χ4n) is 0.810. The molecule has 7 heteroatoms. The molecule has 1 aromatic carbocycles. The van der Waals surface area contributed by atoms with E-state index in [-0.39, 0.29) is 5.56 Å². The highest BCUT2D eigenvalue weighted by molar-refractivity contribution is 5.95. The molecule has 1 N–H and O–H groups in total. The molecule has 0 spiro atoms. The van der Waals surface area contributed by atoms with Gasteiger partial charge in [0, 0.05) is 5.56 Å². The fraction of sp³-hybridized carbons (Fsp3) is 0.111. The maximum absolute atomic E-state index is 11.7. The number of rotatable bonds is 1. The number of halogens is 3. The first-order chi connectivity index (χ1) is 7.41. The molecular formula is C9H6F3N2O2. The maximum atomic E-state index is 11.7. The first-order valence-electron chi connectivity index (χ1n) is 4.08. The lowest BCUT2D eigenvalue weighted by atomic mass is 10.2. The Morgan fingerprint density at radius 2 is 1.69 bits per heavy atom. The molecule has 1 radical (unpaired) electrons. The predicted octanol–water partition coefficient (Wildman–Crippen LogP) is 1.02. The molecule has 0 saturated carbocycles. The van der Waals surface area contributed by atoms with Crippen LogP contribution in [-0.4, -0.2) is 18.0 Å². The van der Waals surface area contributed by atoms with Crippen molar-refractivity contribution in [3.8, 4) is 0 Å². The molecule has 85 valence electrons. The van der Waals surface area contributed by atoms with Crippen molar-refractivity contribution in [3.63, 3.8) is 0 Å². The van der Waals surface area contributed by atoms with E-state index in [1.165, 1.54) is 24.3 Å². The molecule has 0 aliphatic rings. The van der Waals surface area contributed by atoms with Gasteiger partial charge in [-0.2, -0.15) is 13.2 Å². The van der Waals surface area contributed by atoms with Gasteiger partial charge in [0.15, 0.2) is 0 Å². The summed E-state index contributed by atoms with van der Waals surface area (Å²) in [7, 11) is 0. The Hall–Kier alpha value is -2.05. The number of nitrogens with zero attached hydrogens (tertiary/aromatic N) is 1. The minimum absolute atomic E-state index is 0.0879. The number of hydrogen-bond donors (Lipinski definition) is 1. The number of carbonyl (C=O) groups excluding carboxylic acids is 2. The van der Waals surface area contributed by atoms with Gasteiger partial charge in [-0.1, -0.05) is 18.2 Å². The van der Waals surface area contributed by atoms with Crippen LogP contribution in [-0.2, 0) is 4.79 Å². The highest BCUT2D eigenvalue weighted by atomic mass is 19.4. The molecule has 0 aromatic heterocycles. The Morgan fingerprint density at radius 1 is 1.12 bits per heavy atom. The zero-order valence-corrected chi connectivity index (χ0v) is 7.78. The Bertz CT molecular complexity index is 389. The zero-order valence-electron chi connectivity index (χ0n) is 7.78. The molecule has 4 nitrogen and oxygen atoms in total. The smallest absolute Gasteiger partial charge is 0.265 e. The average molecular weight is 231 g/mol. The second kappa shape index (κ2) is 4.65. The third-order valence-electron chi connectivity index (χ3n) is 1.54. The lowest BCUT2D eigenvalue weighted by Gasteiger charge is -2.06. The molecule has 0 heterocycles. The van der Waals surface area contributed by atoms with Crippen LogP contribution in [0.3, 0.4) is 0 Å². The van der Waals surface area contributed by atoms with Crippen molar-refractivity contribution in [1.29, 1.82) is 0 Å². The van der Waals surface area contributed by atoms with Crippen molar-refractivity contribution >= 4 is 11.8 Å². The summed E-state index contributed by atoms with van der Waals surface area (Å²) in [5.41, 5.74) is 4.02. The van der Waals surface area contributed by atoms with Crippen LogP contribution in [0.2, 0.25) is 0 Å². The third kappa shape index (κ3) is 3.26. The molecule has 2 amide bonds. The second-order valence-electron chi connectivity index (χ2n) is 2.72. The van der Waals surface area contributed by atoms with Gasteiger partial charge < -0.3 is 0 Å². The largest absolute Gasteiger partial charge is 0.473 e. The summed E-state index contributed by atoms with van der Waals surface area (Å²) in [6, 6.07) is 7.41. The van der Waals surface area contributed by atoms with Gasteiger partial charge >= 0.3 is 12.1 Å². The van der Waals surface area contributed by atoms with Crippen molar-refractivity contribution in [1.82, 2.24) is 10.9 Å². The van der Waals surface area contributed by atoms with E-state index in [1.54, 1.807) is 6.07 Å². The summed E-state index contributed by atoms with van der Waals surface area (Å²) in [4.78, 5) is 21.4. The highest BCUT2D eigenvalue weighted by Crippen LogP contribution is 2.13. The quantitative estimate of drug-likeness (QED) is 0.733. The highest BCUT2D eigenvalue weighted by Gasteiger charge is 2.39. The minimum atomic E-state index is -5.06. The van der Waals surface area contributed by atoms with E-state index in [9.17, 15) is 22.8 Å². The summed E-state index contributed by atoms with van der Waals surface area (Å²) in [5, 5.41) is 0. The molecule has 0 fully saturated rings. The van der Waals surface area contributed by atoms with Gasteiger partial charge in [0.1, 0.15) is 0 Å². The monoisotopic (exact) mass is 231 g/mol.